The summed E-state index contributed by atoms with van der Waals surface area (Å²) in [6.45, 7) is 10.0. The van der Waals surface area contributed by atoms with Crippen molar-refractivity contribution in [1.29, 1.82) is 0 Å². The number of fused-ring (bicyclic) bond motifs is 7. The first-order valence-corrected chi connectivity index (χ1v) is 25.6. The minimum Gasteiger partial charge on any atom is -0.496 e. The van der Waals surface area contributed by atoms with Crippen LogP contribution in [0.3, 0.4) is 0 Å². The van der Waals surface area contributed by atoms with Gasteiger partial charge in [0.1, 0.15) is 11.2 Å². The highest BCUT2D eigenvalue weighted by Crippen LogP contribution is 2.68. The Labute approximate surface area is 415 Å². The number of carbonyl (C=O) groups is 4. The van der Waals surface area contributed by atoms with Gasteiger partial charge in [0.05, 0.1) is 32.9 Å². The fraction of sp³-hybridized carbons (Fsp3) is 0.536. The van der Waals surface area contributed by atoms with Gasteiger partial charge in [-0.3, -0.25) is 14.5 Å². The quantitative estimate of drug-likeness (QED) is 0.111. The van der Waals surface area contributed by atoms with Crippen LogP contribution in [0.25, 0.3) is 10.9 Å². The number of methoxy groups -OCH3 is 3. The standard InChI is InChI=1S/C56H68N6O9/c1-8-52(58-51(66)62-25-19-36-15-10-11-16-37(36)32-62)29-35-30-55(49(64)69-6,45-39(20-24-60(31-35)33-52)38-17-12-13-18-42(38)57-45)41-27-40-43(28-44(41)68-5)59(4)47-54(40)22-26-61-23-14-21-53(9-2,46(54)61)48(71-34(3)63)56(47,67)50(65)70-7/h10-18,21,27-28,35,46-48,57,67H,8-9,19-20,22-26,29-33H2,1-7H3,(H,58,66)/t35-,46+,47-,48-,52+,53-,54-,55+,56+/m1/s1. The van der Waals surface area contributed by atoms with Crippen molar-refractivity contribution < 1.29 is 43.2 Å². The number of nitrogens with one attached hydrogen (secondary N) is 2. The lowest BCUT2D eigenvalue weighted by Crippen LogP contribution is -2.81. The van der Waals surface area contributed by atoms with Crippen molar-refractivity contribution in [1.82, 2.24) is 25.0 Å². The topological polar surface area (TPSA) is 166 Å². The van der Waals surface area contributed by atoms with E-state index >= 15 is 4.79 Å². The molecule has 1 spiro atoms. The van der Waals surface area contributed by atoms with Gasteiger partial charge in [0.2, 0.25) is 5.60 Å². The second kappa shape index (κ2) is 17.1. The Kier molecular flexibility index (Phi) is 11.4. The number of hydrogen-bond acceptors (Lipinski definition) is 12. The summed E-state index contributed by atoms with van der Waals surface area (Å²) in [4.78, 5) is 70.6. The molecule has 10 atom stereocenters. The van der Waals surface area contributed by atoms with E-state index in [1.807, 2.05) is 48.0 Å². The molecule has 4 aromatic rings. The van der Waals surface area contributed by atoms with E-state index < -0.39 is 57.4 Å². The van der Waals surface area contributed by atoms with E-state index in [9.17, 15) is 19.5 Å². The number of aromatic nitrogens is 1. The first-order chi connectivity index (χ1) is 34.2. The molecule has 1 aliphatic carbocycles. The number of ether oxygens (including phenoxy) is 4. The Morgan fingerprint density at radius 2 is 1.63 bits per heavy atom. The first-order valence-electron chi connectivity index (χ1n) is 25.6. The average molecular weight is 969 g/mol. The average Bonchev–Trinajstić information content (AvgIpc) is 4.05. The van der Waals surface area contributed by atoms with Gasteiger partial charge in [-0.25, -0.2) is 9.59 Å². The number of anilines is 1. The number of aliphatic hydroxyl groups is 1. The molecule has 11 rings (SSSR count). The van der Waals surface area contributed by atoms with E-state index in [1.54, 1.807) is 7.11 Å². The third kappa shape index (κ3) is 6.63. The molecule has 7 heterocycles. The Bertz CT molecular complexity index is 2860. The summed E-state index contributed by atoms with van der Waals surface area (Å²) in [5, 5.41) is 18.1. The van der Waals surface area contributed by atoms with Crippen LogP contribution in [-0.4, -0.2) is 146 Å². The largest absolute Gasteiger partial charge is 0.496 e. The van der Waals surface area contributed by atoms with E-state index in [1.165, 1.54) is 32.3 Å². The number of carbonyl (C=O) groups excluding carboxylic acids is 4. The van der Waals surface area contributed by atoms with Crippen LogP contribution in [0.5, 0.6) is 5.75 Å². The van der Waals surface area contributed by atoms with Crippen LogP contribution in [0.15, 0.2) is 72.8 Å². The molecule has 3 N–H and O–H groups in total. The van der Waals surface area contributed by atoms with Gasteiger partial charge in [-0.2, -0.15) is 0 Å². The van der Waals surface area contributed by atoms with Gasteiger partial charge in [-0.05, 0) is 91.8 Å². The van der Waals surface area contributed by atoms with Crippen LogP contribution in [0.2, 0.25) is 0 Å². The Balaban J connectivity index is 1.11. The second-order valence-electron chi connectivity index (χ2n) is 21.6. The predicted octanol–water partition coefficient (Wildman–Crippen LogP) is 5.77. The van der Waals surface area contributed by atoms with Crippen LogP contribution >= 0.6 is 0 Å². The van der Waals surface area contributed by atoms with Gasteiger partial charge < -0.3 is 49.1 Å². The first kappa shape index (κ1) is 47.4. The summed E-state index contributed by atoms with van der Waals surface area (Å²) in [5.41, 5.74) is 0.990. The maximum Gasteiger partial charge on any atom is 0.344 e. The highest BCUT2D eigenvalue weighted by atomic mass is 16.6. The molecule has 2 saturated heterocycles. The summed E-state index contributed by atoms with van der Waals surface area (Å²) in [5.74, 6) is -1.60. The fourth-order valence-corrected chi connectivity index (χ4v) is 15.7. The summed E-state index contributed by atoms with van der Waals surface area (Å²) in [6.07, 6.45) is 6.90. The zero-order valence-corrected chi connectivity index (χ0v) is 42.1. The number of esters is 3. The summed E-state index contributed by atoms with van der Waals surface area (Å²) in [6, 6.07) is 19.3. The Morgan fingerprint density at radius 3 is 2.37 bits per heavy atom. The molecule has 2 amide bonds. The summed E-state index contributed by atoms with van der Waals surface area (Å²) in [7, 11) is 6.20. The van der Waals surface area contributed by atoms with Crippen LogP contribution < -0.4 is 15.0 Å². The van der Waals surface area contributed by atoms with Crippen LogP contribution in [0, 0.1) is 11.3 Å². The van der Waals surface area contributed by atoms with Crippen molar-refractivity contribution >= 4 is 40.5 Å². The van der Waals surface area contributed by atoms with E-state index in [-0.39, 0.29) is 18.0 Å². The van der Waals surface area contributed by atoms with E-state index in [0.29, 0.717) is 95.7 Å². The molecule has 2 bridgehead atoms. The lowest BCUT2D eigenvalue weighted by atomic mass is 9.47. The zero-order chi connectivity index (χ0) is 49.8. The molecule has 1 saturated carbocycles. The van der Waals surface area contributed by atoms with E-state index in [0.717, 1.165) is 39.8 Å². The molecule has 0 radical (unpaired) electrons. The third-order valence-corrected chi connectivity index (χ3v) is 18.4. The van der Waals surface area contributed by atoms with Gasteiger partial charge in [-0.15, -0.1) is 0 Å². The number of urea groups is 1. The monoisotopic (exact) mass is 969 g/mol. The van der Waals surface area contributed by atoms with Gasteiger partial charge in [0, 0.05) is 104 Å². The van der Waals surface area contributed by atoms with Crippen molar-refractivity contribution in [3.63, 3.8) is 0 Å². The highest BCUT2D eigenvalue weighted by molar-refractivity contribution is 5.95. The molecule has 15 nitrogen and oxygen atoms in total. The molecule has 15 heteroatoms. The maximum absolute atomic E-state index is 15.8. The minimum atomic E-state index is -2.33. The molecule has 6 aliphatic heterocycles. The Hall–Kier alpha value is -5.90. The number of rotatable bonds is 8. The van der Waals surface area contributed by atoms with Crippen LogP contribution in [0.1, 0.15) is 86.4 Å². The number of aromatic amines is 1. The number of hydrogen-bond donors (Lipinski definition) is 3. The number of H-pyrrole nitrogens is 1. The van der Waals surface area contributed by atoms with Gasteiger partial charge in [0.15, 0.2) is 6.10 Å². The van der Waals surface area contributed by atoms with Crippen molar-refractivity contribution in [2.24, 2.45) is 11.3 Å². The lowest BCUT2D eigenvalue weighted by molar-refractivity contribution is -0.228. The lowest BCUT2D eigenvalue weighted by Gasteiger charge is -2.63. The molecule has 376 valence electrons. The van der Waals surface area contributed by atoms with Crippen molar-refractivity contribution in [3.8, 4) is 5.75 Å². The third-order valence-electron chi connectivity index (χ3n) is 18.4. The van der Waals surface area contributed by atoms with Gasteiger partial charge >= 0.3 is 23.9 Å². The second-order valence-corrected chi connectivity index (χ2v) is 21.6. The number of likely N-dealkylation sites (N-methyl/N-ethyl adjacent to an activating group) is 1. The smallest absolute Gasteiger partial charge is 0.344 e. The SMILES string of the molecule is CC[C@]1(NC(=O)N2CCc3ccccc3C2)C[C@H]2CN(CCc3c([nH]c4ccccc34)[C@@](C(=O)OC)(c3cc4c(cc3OC)N(C)[C@H]3[C@@](O)(C(=O)OC)[C@H](OC(C)=O)[C@]5(CC)C=CCN6CC[C@]43[C@@H]65)C2)C1. The van der Waals surface area contributed by atoms with Gasteiger partial charge in [0.25, 0.3) is 0 Å². The molecule has 7 aliphatic rings. The molecule has 3 aromatic carbocycles. The van der Waals surface area contributed by atoms with Gasteiger partial charge in [-0.1, -0.05) is 68.5 Å². The predicted molar refractivity (Wildman–Crippen MR) is 267 cm³/mol. The van der Waals surface area contributed by atoms with Crippen molar-refractivity contribution in [3.05, 3.63) is 106 Å². The number of para-hydroxylation sites is 1. The summed E-state index contributed by atoms with van der Waals surface area (Å²) < 4.78 is 24.4. The molecule has 1 unspecified atom stereocenters. The van der Waals surface area contributed by atoms with E-state index in [4.69, 9.17) is 18.9 Å². The highest BCUT2D eigenvalue weighted by Gasteiger charge is 2.80. The normalized spacial score (nSPS) is 33.5. The molecular weight excluding hydrogens is 901 g/mol. The minimum absolute atomic E-state index is 0.0767. The van der Waals surface area contributed by atoms with Crippen molar-refractivity contribution in [2.75, 3.05) is 72.5 Å². The molecular formula is C56H68N6O9. The molecule has 3 fully saturated rings. The number of amides is 2. The fourth-order valence-electron chi connectivity index (χ4n) is 15.7. The van der Waals surface area contributed by atoms with E-state index in [2.05, 4.69) is 75.6 Å². The Morgan fingerprint density at radius 1 is 0.873 bits per heavy atom. The summed E-state index contributed by atoms with van der Waals surface area (Å²) >= 11 is 0. The number of piperidine rings is 1. The van der Waals surface area contributed by atoms with Crippen molar-refractivity contribution in [2.45, 2.75) is 112 Å². The molecule has 71 heavy (non-hydrogen) atoms. The molecule has 1 aromatic heterocycles. The number of benzene rings is 3. The zero-order valence-electron chi connectivity index (χ0n) is 42.1. The van der Waals surface area contributed by atoms with Crippen LogP contribution in [0.4, 0.5) is 10.5 Å². The van der Waals surface area contributed by atoms with Crippen LogP contribution in [-0.2, 0) is 58.8 Å². The maximum atomic E-state index is 15.8. The number of nitrogens with zero attached hydrogens (tertiary/aromatic N) is 4.